The van der Waals surface area contributed by atoms with E-state index in [9.17, 15) is 19.2 Å². The zero-order chi connectivity index (χ0) is 30.3. The van der Waals surface area contributed by atoms with E-state index in [2.05, 4.69) is 20.9 Å². The number of hydrogen-bond donors (Lipinski definition) is 3. The quantitative estimate of drug-likeness (QED) is 0.207. The third kappa shape index (κ3) is 8.39. The van der Waals surface area contributed by atoms with Crippen molar-refractivity contribution in [3.05, 3.63) is 95.8 Å². The van der Waals surface area contributed by atoms with Crippen LogP contribution in [0.3, 0.4) is 0 Å². The fourth-order valence-corrected chi connectivity index (χ4v) is 4.79. The molecule has 5 atom stereocenters. The van der Waals surface area contributed by atoms with Crippen molar-refractivity contribution in [2.45, 2.75) is 69.1 Å². The Balaban J connectivity index is 1.33. The molecular formula is C32H35ClN4O5. The van der Waals surface area contributed by atoms with Gasteiger partial charge in [0, 0.05) is 23.4 Å². The van der Waals surface area contributed by atoms with Crippen molar-refractivity contribution in [2.24, 2.45) is 0 Å². The average molecular weight is 591 g/mol. The van der Waals surface area contributed by atoms with E-state index >= 15 is 0 Å². The lowest BCUT2D eigenvalue weighted by Crippen LogP contribution is -2.54. The molecule has 0 radical (unpaired) electrons. The van der Waals surface area contributed by atoms with Crippen LogP contribution in [0.1, 0.15) is 49.9 Å². The maximum absolute atomic E-state index is 13.1. The SMILES string of the molecule is CC(Oc1ccc(C2CC2(C)Cl)cc1)C(=O)N[C@H](C)C(=O)N[C@H](Cc1ccccc1)C(=O)C(=O)NCc1ccccn1. The highest BCUT2D eigenvalue weighted by Gasteiger charge is 2.49. The first-order valence-electron chi connectivity index (χ1n) is 13.9. The van der Waals surface area contributed by atoms with Gasteiger partial charge in [0.05, 0.1) is 12.2 Å². The highest BCUT2D eigenvalue weighted by Crippen LogP contribution is 2.56. The summed E-state index contributed by atoms with van der Waals surface area (Å²) in [4.78, 5) is 55.6. The average Bonchev–Trinajstić information content (AvgIpc) is 3.63. The summed E-state index contributed by atoms with van der Waals surface area (Å²) in [6.07, 6.45) is 1.72. The number of nitrogens with one attached hydrogen (secondary N) is 3. The van der Waals surface area contributed by atoms with Gasteiger partial charge in [-0.05, 0) is 62.6 Å². The Labute approximate surface area is 250 Å². The fourth-order valence-electron chi connectivity index (χ4n) is 4.51. The number of ketones is 1. The molecule has 3 unspecified atom stereocenters. The molecule has 3 aromatic rings. The number of aromatic nitrogens is 1. The molecule has 4 rings (SSSR count). The lowest BCUT2D eigenvalue weighted by atomic mass is 10.0. The van der Waals surface area contributed by atoms with Gasteiger partial charge in [0.2, 0.25) is 11.7 Å². The van der Waals surface area contributed by atoms with Crippen molar-refractivity contribution < 1.29 is 23.9 Å². The molecule has 220 valence electrons. The van der Waals surface area contributed by atoms with Crippen LogP contribution < -0.4 is 20.7 Å². The number of benzene rings is 2. The number of ether oxygens (including phenoxy) is 1. The summed E-state index contributed by atoms with van der Waals surface area (Å²) in [6.45, 7) is 5.15. The zero-order valence-electron chi connectivity index (χ0n) is 23.8. The van der Waals surface area contributed by atoms with Crippen molar-refractivity contribution in [3.8, 4) is 5.75 Å². The van der Waals surface area contributed by atoms with Gasteiger partial charge in [0.15, 0.2) is 6.10 Å². The van der Waals surface area contributed by atoms with Gasteiger partial charge < -0.3 is 20.7 Å². The van der Waals surface area contributed by atoms with Crippen molar-refractivity contribution in [2.75, 3.05) is 0 Å². The van der Waals surface area contributed by atoms with Gasteiger partial charge in [-0.3, -0.25) is 24.2 Å². The van der Waals surface area contributed by atoms with E-state index in [1.165, 1.54) is 6.92 Å². The standard InChI is InChI=1S/C32H35ClN4O5/c1-20(36-30(40)21(2)42-25-14-12-23(13-15-25)26-18-32(26,3)33)29(39)37-27(17-22-9-5-4-6-10-22)28(38)31(41)35-19-24-11-7-8-16-34-24/h4-16,20-21,26-27H,17-19H2,1-3H3,(H,35,41)(H,36,40)(H,37,39)/t20-,21?,26?,27-,32?/m1/s1. The summed E-state index contributed by atoms with van der Waals surface area (Å²) in [5, 5.41) is 7.82. The molecule has 10 heteroatoms. The van der Waals surface area contributed by atoms with Crippen LogP contribution in [0.2, 0.25) is 0 Å². The Bertz CT molecular complexity index is 1400. The number of hydrogen-bond acceptors (Lipinski definition) is 6. The molecule has 1 aliphatic carbocycles. The van der Waals surface area contributed by atoms with Gasteiger partial charge >= 0.3 is 0 Å². The number of carbonyl (C=O) groups is 4. The van der Waals surface area contributed by atoms with Crippen LogP contribution in [0, 0.1) is 0 Å². The van der Waals surface area contributed by atoms with E-state index in [1.54, 1.807) is 67.7 Å². The number of rotatable bonds is 13. The first-order chi connectivity index (χ1) is 20.0. The molecule has 1 saturated carbocycles. The number of amides is 3. The minimum atomic E-state index is -1.14. The van der Waals surface area contributed by atoms with E-state index in [1.807, 2.05) is 25.1 Å². The summed E-state index contributed by atoms with van der Waals surface area (Å²) in [6, 6.07) is 19.6. The topological polar surface area (TPSA) is 126 Å². The zero-order valence-corrected chi connectivity index (χ0v) is 24.6. The molecule has 0 saturated heterocycles. The second kappa shape index (κ2) is 13.6. The number of pyridine rings is 1. The summed E-state index contributed by atoms with van der Waals surface area (Å²) in [5.74, 6) is -1.94. The van der Waals surface area contributed by atoms with Crippen LogP contribution in [0.5, 0.6) is 5.75 Å². The van der Waals surface area contributed by atoms with E-state index in [-0.39, 0.29) is 17.8 Å². The lowest BCUT2D eigenvalue weighted by Gasteiger charge is -2.22. The molecule has 0 spiro atoms. The third-order valence-electron chi connectivity index (χ3n) is 7.18. The van der Waals surface area contributed by atoms with E-state index in [0.29, 0.717) is 17.4 Å². The Morgan fingerprint density at radius 1 is 0.952 bits per heavy atom. The first-order valence-corrected chi connectivity index (χ1v) is 14.2. The number of alkyl halides is 1. The predicted octanol–water partition coefficient (Wildman–Crippen LogP) is 3.45. The maximum Gasteiger partial charge on any atom is 0.289 e. The van der Waals surface area contributed by atoms with Crippen LogP contribution in [-0.2, 0) is 32.1 Å². The molecule has 42 heavy (non-hydrogen) atoms. The van der Waals surface area contributed by atoms with Gasteiger partial charge in [-0.2, -0.15) is 0 Å². The maximum atomic E-state index is 13.1. The predicted molar refractivity (Wildman–Crippen MR) is 159 cm³/mol. The van der Waals surface area contributed by atoms with Crippen LogP contribution in [0.25, 0.3) is 0 Å². The fraction of sp³-hybridized carbons (Fsp3) is 0.344. The Morgan fingerprint density at radius 3 is 2.24 bits per heavy atom. The van der Waals surface area contributed by atoms with E-state index < -0.39 is 41.7 Å². The van der Waals surface area contributed by atoms with Crippen LogP contribution in [-0.4, -0.2) is 51.6 Å². The summed E-state index contributed by atoms with van der Waals surface area (Å²) >= 11 is 6.37. The van der Waals surface area contributed by atoms with Crippen molar-refractivity contribution in [1.82, 2.24) is 20.9 Å². The molecule has 1 aromatic heterocycles. The largest absolute Gasteiger partial charge is 0.481 e. The monoisotopic (exact) mass is 590 g/mol. The summed E-state index contributed by atoms with van der Waals surface area (Å²) in [5.41, 5.74) is 2.47. The smallest absolute Gasteiger partial charge is 0.289 e. The molecule has 9 nitrogen and oxygen atoms in total. The van der Waals surface area contributed by atoms with Crippen molar-refractivity contribution >= 4 is 35.1 Å². The molecule has 3 amide bonds. The molecule has 1 aliphatic rings. The molecule has 1 heterocycles. The molecule has 3 N–H and O–H groups in total. The number of Topliss-reactive ketones (excluding diaryl/α,β-unsaturated/α-hetero) is 1. The van der Waals surface area contributed by atoms with E-state index in [0.717, 1.165) is 17.5 Å². The Morgan fingerprint density at radius 2 is 1.62 bits per heavy atom. The van der Waals surface area contributed by atoms with Crippen molar-refractivity contribution in [1.29, 1.82) is 0 Å². The van der Waals surface area contributed by atoms with Crippen LogP contribution in [0.4, 0.5) is 0 Å². The molecule has 0 bridgehead atoms. The Hall–Kier alpha value is -4.24. The second-order valence-corrected chi connectivity index (χ2v) is 11.6. The second-order valence-electron chi connectivity index (χ2n) is 10.7. The molecular weight excluding hydrogens is 556 g/mol. The van der Waals surface area contributed by atoms with Crippen LogP contribution in [0.15, 0.2) is 79.0 Å². The number of carbonyl (C=O) groups excluding carboxylic acids is 4. The normalized spacial score (nSPS) is 19.5. The van der Waals surface area contributed by atoms with Gasteiger partial charge in [-0.15, -0.1) is 11.6 Å². The molecule has 0 aliphatic heterocycles. The highest BCUT2D eigenvalue weighted by atomic mass is 35.5. The van der Waals surface area contributed by atoms with Crippen LogP contribution >= 0.6 is 11.6 Å². The van der Waals surface area contributed by atoms with Gasteiger partial charge in [0.1, 0.15) is 17.8 Å². The van der Waals surface area contributed by atoms with E-state index in [4.69, 9.17) is 16.3 Å². The highest BCUT2D eigenvalue weighted by molar-refractivity contribution is 6.38. The minimum Gasteiger partial charge on any atom is -0.481 e. The van der Waals surface area contributed by atoms with Gasteiger partial charge in [-0.25, -0.2) is 0 Å². The Kier molecular flexibility index (Phi) is 9.96. The summed E-state index contributed by atoms with van der Waals surface area (Å²) < 4.78 is 5.77. The molecule has 2 aromatic carbocycles. The van der Waals surface area contributed by atoms with Gasteiger partial charge in [0.25, 0.3) is 11.8 Å². The summed E-state index contributed by atoms with van der Waals surface area (Å²) in [7, 11) is 0. The lowest BCUT2D eigenvalue weighted by molar-refractivity contribution is -0.140. The number of nitrogens with zero attached hydrogens (tertiary/aromatic N) is 1. The molecule has 1 fully saturated rings. The third-order valence-corrected chi connectivity index (χ3v) is 7.60. The minimum absolute atomic E-state index is 0.0666. The number of halogens is 1. The van der Waals surface area contributed by atoms with Gasteiger partial charge in [-0.1, -0.05) is 48.5 Å². The van der Waals surface area contributed by atoms with Crippen molar-refractivity contribution in [3.63, 3.8) is 0 Å². The first kappa shape index (κ1) is 30.7.